The molecule has 1 saturated heterocycles. The van der Waals surface area contributed by atoms with Crippen LogP contribution in [0.25, 0.3) is 0 Å². The summed E-state index contributed by atoms with van der Waals surface area (Å²) in [6.07, 6.45) is 2.22. The van der Waals surface area contributed by atoms with Gasteiger partial charge in [0.15, 0.2) is 5.82 Å². The van der Waals surface area contributed by atoms with Gasteiger partial charge >= 0.3 is 0 Å². The molecule has 1 N–H and O–H groups in total. The van der Waals surface area contributed by atoms with E-state index in [1.54, 1.807) is 6.07 Å². The highest BCUT2D eigenvalue weighted by atomic mass is 79.9. The van der Waals surface area contributed by atoms with Gasteiger partial charge in [0.05, 0.1) is 4.47 Å². The molecule has 1 heterocycles. The molecule has 0 aliphatic carbocycles. The van der Waals surface area contributed by atoms with Gasteiger partial charge in [0.1, 0.15) is 4.90 Å². The summed E-state index contributed by atoms with van der Waals surface area (Å²) in [6.45, 7) is 3.93. The van der Waals surface area contributed by atoms with Crippen molar-refractivity contribution in [3.8, 4) is 0 Å². The zero-order chi connectivity index (χ0) is 15.5. The van der Waals surface area contributed by atoms with E-state index >= 15 is 0 Å². The van der Waals surface area contributed by atoms with Gasteiger partial charge in [0, 0.05) is 12.6 Å². The summed E-state index contributed by atoms with van der Waals surface area (Å²) >= 11 is 3.05. The van der Waals surface area contributed by atoms with E-state index in [0.717, 1.165) is 25.9 Å². The molecular formula is C14H21BrClFN2O2S. The predicted octanol–water partition coefficient (Wildman–Crippen LogP) is 3.16. The minimum Gasteiger partial charge on any atom is -0.317 e. The minimum absolute atomic E-state index is 0. The van der Waals surface area contributed by atoms with Crippen molar-refractivity contribution in [3.63, 3.8) is 0 Å². The maximum absolute atomic E-state index is 14.2. The third kappa shape index (κ3) is 4.20. The van der Waals surface area contributed by atoms with Crippen LogP contribution in [0.15, 0.2) is 27.6 Å². The van der Waals surface area contributed by atoms with Gasteiger partial charge in [-0.2, -0.15) is 4.31 Å². The van der Waals surface area contributed by atoms with Gasteiger partial charge in [-0.05, 0) is 60.4 Å². The van der Waals surface area contributed by atoms with Gasteiger partial charge in [0.2, 0.25) is 10.0 Å². The zero-order valence-corrected chi connectivity index (χ0v) is 15.6. The Morgan fingerprint density at radius 2 is 2.00 bits per heavy atom. The van der Waals surface area contributed by atoms with Crippen LogP contribution in [0.4, 0.5) is 4.39 Å². The van der Waals surface area contributed by atoms with Crippen LogP contribution in [0.1, 0.15) is 26.2 Å². The third-order valence-electron chi connectivity index (χ3n) is 3.66. The van der Waals surface area contributed by atoms with Crippen LogP contribution < -0.4 is 5.32 Å². The summed E-state index contributed by atoms with van der Waals surface area (Å²) < 4.78 is 41.5. The zero-order valence-electron chi connectivity index (χ0n) is 12.4. The molecule has 0 spiro atoms. The number of piperidine rings is 1. The molecule has 0 bridgehead atoms. The maximum atomic E-state index is 14.2. The van der Waals surface area contributed by atoms with Crippen molar-refractivity contribution in [1.82, 2.24) is 9.62 Å². The van der Waals surface area contributed by atoms with Gasteiger partial charge < -0.3 is 5.32 Å². The van der Waals surface area contributed by atoms with Crippen molar-refractivity contribution in [2.75, 3.05) is 19.6 Å². The number of hydrogen-bond donors (Lipinski definition) is 1. The summed E-state index contributed by atoms with van der Waals surface area (Å²) in [5.41, 5.74) is 0. The lowest BCUT2D eigenvalue weighted by Gasteiger charge is -2.33. The first-order valence-electron chi connectivity index (χ1n) is 7.15. The summed E-state index contributed by atoms with van der Waals surface area (Å²) in [4.78, 5) is -0.246. The van der Waals surface area contributed by atoms with Crippen LogP contribution >= 0.6 is 28.3 Å². The van der Waals surface area contributed by atoms with E-state index in [0.29, 0.717) is 13.0 Å². The SMILES string of the molecule is CCCN(C1CCNCC1)S(=O)(=O)c1cccc(Br)c1F.Cl. The Balaban J connectivity index is 0.00000242. The number of halogens is 3. The lowest BCUT2D eigenvalue weighted by atomic mass is 10.1. The lowest BCUT2D eigenvalue weighted by Crippen LogP contribution is -2.46. The summed E-state index contributed by atoms with van der Waals surface area (Å²) in [5.74, 6) is -0.715. The number of nitrogens with one attached hydrogen (secondary N) is 1. The molecule has 1 aliphatic rings. The van der Waals surface area contributed by atoms with Crippen LogP contribution in [-0.2, 0) is 10.0 Å². The number of benzene rings is 1. The fraction of sp³-hybridized carbons (Fsp3) is 0.571. The van der Waals surface area contributed by atoms with E-state index < -0.39 is 15.8 Å². The van der Waals surface area contributed by atoms with Crippen LogP contribution in [0.5, 0.6) is 0 Å². The fourth-order valence-corrected chi connectivity index (χ4v) is 4.99. The number of rotatable bonds is 5. The topological polar surface area (TPSA) is 49.4 Å². The van der Waals surface area contributed by atoms with Gasteiger partial charge in [-0.3, -0.25) is 0 Å². The Labute approximate surface area is 146 Å². The number of sulfonamides is 1. The Kier molecular flexibility index (Phi) is 7.74. The molecule has 0 saturated carbocycles. The molecule has 0 unspecified atom stereocenters. The second kappa shape index (κ2) is 8.59. The molecule has 1 fully saturated rings. The molecular weight excluding hydrogens is 395 g/mol. The average molecular weight is 416 g/mol. The molecule has 8 heteroatoms. The van der Waals surface area contributed by atoms with E-state index in [2.05, 4.69) is 21.2 Å². The molecule has 0 atom stereocenters. The quantitative estimate of drug-likeness (QED) is 0.803. The van der Waals surface area contributed by atoms with Crippen molar-refractivity contribution >= 4 is 38.4 Å². The smallest absolute Gasteiger partial charge is 0.246 e. The van der Waals surface area contributed by atoms with Crippen molar-refractivity contribution in [2.45, 2.75) is 37.1 Å². The first-order valence-corrected chi connectivity index (χ1v) is 9.38. The molecule has 4 nitrogen and oxygen atoms in total. The van der Waals surface area contributed by atoms with E-state index in [9.17, 15) is 12.8 Å². The van der Waals surface area contributed by atoms with Gasteiger partial charge in [-0.15, -0.1) is 12.4 Å². The molecule has 2 rings (SSSR count). The van der Waals surface area contributed by atoms with Crippen molar-refractivity contribution in [2.24, 2.45) is 0 Å². The Bertz CT molecular complexity index is 595. The largest absolute Gasteiger partial charge is 0.317 e. The minimum atomic E-state index is -3.82. The third-order valence-corrected chi connectivity index (χ3v) is 6.24. The second-order valence-corrected chi connectivity index (χ2v) is 7.86. The first-order chi connectivity index (χ1) is 9.98. The molecule has 1 aliphatic heterocycles. The average Bonchev–Trinajstić information content (AvgIpc) is 2.48. The van der Waals surface area contributed by atoms with Crippen LogP contribution in [0.3, 0.4) is 0 Å². The normalized spacial score (nSPS) is 16.5. The van der Waals surface area contributed by atoms with Crippen LogP contribution in [0, 0.1) is 5.82 Å². The highest BCUT2D eigenvalue weighted by Gasteiger charge is 2.33. The highest BCUT2D eigenvalue weighted by molar-refractivity contribution is 9.10. The molecule has 0 aromatic heterocycles. The standard InChI is InChI=1S/C14H20BrFN2O2S.ClH/c1-2-10-18(11-6-8-17-9-7-11)21(19,20)13-5-3-4-12(15)14(13)16;/h3-5,11,17H,2,6-10H2,1H3;1H. The first kappa shape index (κ1) is 19.8. The number of nitrogens with zero attached hydrogens (tertiary/aromatic N) is 1. The van der Waals surface area contributed by atoms with Crippen LogP contribution in [-0.4, -0.2) is 38.4 Å². The molecule has 22 heavy (non-hydrogen) atoms. The molecule has 1 aromatic rings. The van der Waals surface area contributed by atoms with Crippen molar-refractivity contribution in [3.05, 3.63) is 28.5 Å². The predicted molar refractivity (Wildman–Crippen MR) is 91.4 cm³/mol. The Hall–Kier alpha value is -0.210. The summed E-state index contributed by atoms with van der Waals surface area (Å²) in [5, 5.41) is 3.22. The van der Waals surface area contributed by atoms with Gasteiger partial charge in [0.25, 0.3) is 0 Å². The van der Waals surface area contributed by atoms with Gasteiger partial charge in [-0.1, -0.05) is 13.0 Å². The molecule has 0 radical (unpaired) electrons. The van der Waals surface area contributed by atoms with Gasteiger partial charge in [-0.25, -0.2) is 12.8 Å². The van der Waals surface area contributed by atoms with Crippen LogP contribution in [0.2, 0.25) is 0 Å². The summed E-state index contributed by atoms with van der Waals surface area (Å²) in [6, 6.07) is 4.32. The van der Waals surface area contributed by atoms with E-state index in [1.165, 1.54) is 16.4 Å². The van der Waals surface area contributed by atoms with E-state index in [-0.39, 0.29) is 27.8 Å². The second-order valence-electron chi connectivity index (χ2n) is 5.15. The Morgan fingerprint density at radius 1 is 1.36 bits per heavy atom. The molecule has 1 aromatic carbocycles. The number of hydrogen-bond acceptors (Lipinski definition) is 3. The highest BCUT2D eigenvalue weighted by Crippen LogP contribution is 2.28. The van der Waals surface area contributed by atoms with Crippen molar-refractivity contribution in [1.29, 1.82) is 0 Å². The van der Waals surface area contributed by atoms with Crippen molar-refractivity contribution < 1.29 is 12.8 Å². The Morgan fingerprint density at radius 3 is 2.59 bits per heavy atom. The molecule has 126 valence electrons. The summed E-state index contributed by atoms with van der Waals surface area (Å²) in [7, 11) is -3.82. The van der Waals surface area contributed by atoms with E-state index in [4.69, 9.17) is 0 Å². The maximum Gasteiger partial charge on any atom is 0.246 e. The van der Waals surface area contributed by atoms with E-state index in [1.807, 2.05) is 6.92 Å². The lowest BCUT2D eigenvalue weighted by molar-refractivity contribution is 0.261. The molecule has 0 amide bonds. The fourth-order valence-electron chi connectivity index (χ4n) is 2.62. The monoisotopic (exact) mass is 414 g/mol.